The molecule has 1 aromatic rings. The van der Waals surface area contributed by atoms with Crippen LogP contribution in [-0.4, -0.2) is 31.1 Å². The summed E-state index contributed by atoms with van der Waals surface area (Å²) in [5, 5.41) is 3.94. The van der Waals surface area contributed by atoms with Gasteiger partial charge in [-0.05, 0) is 39.4 Å². The third kappa shape index (κ3) is 4.59. The molecule has 0 bridgehead atoms. The van der Waals surface area contributed by atoms with Crippen LogP contribution >= 0.6 is 23.2 Å². The maximum Gasteiger partial charge on any atom is 0.142 e. The summed E-state index contributed by atoms with van der Waals surface area (Å²) in [5.74, 6) is -0.434. The molecule has 1 N–H and O–H groups in total. The first kappa shape index (κ1) is 17.7. The second-order valence-corrected chi connectivity index (χ2v) is 5.96. The van der Waals surface area contributed by atoms with Crippen LogP contribution in [0.25, 0.3) is 0 Å². The summed E-state index contributed by atoms with van der Waals surface area (Å²) < 4.78 is 13.5. The molecule has 0 amide bonds. The predicted octanol–water partition coefficient (Wildman–Crippen LogP) is 4.51. The van der Waals surface area contributed by atoms with Crippen LogP contribution in [-0.2, 0) is 0 Å². The molecule has 0 saturated carbocycles. The molecule has 20 heavy (non-hydrogen) atoms. The molecule has 114 valence electrons. The number of rotatable bonds is 7. The summed E-state index contributed by atoms with van der Waals surface area (Å²) in [6, 6.07) is 3.29. The lowest BCUT2D eigenvalue weighted by Gasteiger charge is -2.25. The molecule has 1 rings (SSSR count). The Morgan fingerprint density at radius 2 is 1.95 bits per heavy atom. The molecule has 0 aliphatic rings. The largest absolute Gasteiger partial charge is 0.309 e. The molecular weight excluding hydrogens is 298 g/mol. The van der Waals surface area contributed by atoms with E-state index < -0.39 is 5.82 Å². The number of halogens is 3. The van der Waals surface area contributed by atoms with Crippen molar-refractivity contribution in [2.45, 2.75) is 39.3 Å². The van der Waals surface area contributed by atoms with Crippen molar-refractivity contribution < 1.29 is 4.39 Å². The van der Waals surface area contributed by atoms with Crippen LogP contribution in [0.15, 0.2) is 12.1 Å². The fourth-order valence-corrected chi connectivity index (χ4v) is 2.73. The van der Waals surface area contributed by atoms with E-state index in [4.69, 9.17) is 23.2 Å². The highest BCUT2D eigenvalue weighted by atomic mass is 35.5. The molecule has 0 saturated heterocycles. The first-order valence-electron chi connectivity index (χ1n) is 6.95. The lowest BCUT2D eigenvalue weighted by atomic mass is 10.1. The van der Waals surface area contributed by atoms with Crippen LogP contribution in [0.5, 0.6) is 0 Å². The van der Waals surface area contributed by atoms with Gasteiger partial charge in [0.05, 0.1) is 5.02 Å². The number of likely N-dealkylation sites (N-methyl/N-ethyl adjacent to an activating group) is 1. The minimum atomic E-state index is -0.434. The van der Waals surface area contributed by atoms with Gasteiger partial charge in [0.2, 0.25) is 0 Å². The van der Waals surface area contributed by atoms with Crippen molar-refractivity contribution in [2.75, 3.05) is 20.1 Å². The van der Waals surface area contributed by atoms with E-state index in [1.165, 1.54) is 6.07 Å². The Hall–Kier alpha value is -0.350. The molecule has 0 fully saturated rings. The van der Waals surface area contributed by atoms with Gasteiger partial charge in [0.25, 0.3) is 0 Å². The van der Waals surface area contributed by atoms with E-state index in [1.807, 2.05) is 6.92 Å². The van der Waals surface area contributed by atoms with Gasteiger partial charge in [0.15, 0.2) is 0 Å². The Labute approximate surface area is 131 Å². The van der Waals surface area contributed by atoms with E-state index in [9.17, 15) is 4.39 Å². The number of hydrogen-bond donors (Lipinski definition) is 1. The highest BCUT2D eigenvalue weighted by Gasteiger charge is 2.17. The summed E-state index contributed by atoms with van der Waals surface area (Å²) in [4.78, 5) is 2.29. The predicted molar refractivity (Wildman–Crippen MR) is 85.2 cm³/mol. The first-order chi connectivity index (χ1) is 9.38. The summed E-state index contributed by atoms with van der Waals surface area (Å²) >= 11 is 12.1. The van der Waals surface area contributed by atoms with Crippen molar-refractivity contribution in [1.29, 1.82) is 0 Å². The van der Waals surface area contributed by atoms with Gasteiger partial charge in [-0.25, -0.2) is 4.39 Å². The van der Waals surface area contributed by atoms with Crippen LogP contribution in [0.2, 0.25) is 10.0 Å². The standard InChI is InChI=1S/C15H23Cl2FN2/c1-5-10(2)20(4)9-8-19-11(3)14-12(16)6-7-13(18)15(14)17/h6-7,10-11,19H,5,8-9H2,1-4H3. The molecule has 0 aliphatic heterocycles. The van der Waals surface area contributed by atoms with Gasteiger partial charge in [0.1, 0.15) is 5.82 Å². The lowest BCUT2D eigenvalue weighted by Crippen LogP contribution is -2.35. The summed E-state index contributed by atoms with van der Waals surface area (Å²) in [7, 11) is 2.10. The van der Waals surface area contributed by atoms with E-state index >= 15 is 0 Å². The topological polar surface area (TPSA) is 15.3 Å². The number of benzene rings is 1. The maximum atomic E-state index is 13.5. The van der Waals surface area contributed by atoms with Gasteiger partial charge in [0, 0.05) is 35.8 Å². The van der Waals surface area contributed by atoms with Gasteiger partial charge < -0.3 is 10.2 Å². The Balaban J connectivity index is 2.60. The molecule has 2 nitrogen and oxygen atoms in total. The molecule has 1 aromatic carbocycles. The Bertz CT molecular complexity index is 440. The zero-order valence-corrected chi connectivity index (χ0v) is 14.0. The molecule has 5 heteroatoms. The normalized spacial score (nSPS) is 14.6. The second-order valence-electron chi connectivity index (χ2n) is 5.17. The first-order valence-corrected chi connectivity index (χ1v) is 7.71. The zero-order chi connectivity index (χ0) is 15.3. The number of nitrogens with one attached hydrogen (secondary N) is 1. The van der Waals surface area contributed by atoms with Crippen LogP contribution in [0.1, 0.15) is 38.8 Å². The SMILES string of the molecule is CCC(C)N(C)CCNC(C)c1c(Cl)ccc(F)c1Cl. The van der Waals surface area contributed by atoms with Gasteiger partial charge in [-0.1, -0.05) is 30.1 Å². The molecule has 0 heterocycles. The summed E-state index contributed by atoms with van der Waals surface area (Å²) in [5.41, 5.74) is 0.625. The zero-order valence-electron chi connectivity index (χ0n) is 12.5. The molecular formula is C15H23Cl2FN2. The monoisotopic (exact) mass is 320 g/mol. The minimum Gasteiger partial charge on any atom is -0.309 e. The smallest absolute Gasteiger partial charge is 0.142 e. The molecule has 0 aliphatic carbocycles. The second kappa shape index (κ2) is 8.18. The summed E-state index contributed by atoms with van der Waals surface area (Å²) in [6.45, 7) is 8.03. The molecule has 0 spiro atoms. The van der Waals surface area contributed by atoms with Gasteiger partial charge in [-0.3, -0.25) is 0 Å². The number of hydrogen-bond acceptors (Lipinski definition) is 2. The highest BCUT2D eigenvalue weighted by Crippen LogP contribution is 2.32. The Morgan fingerprint density at radius 3 is 2.55 bits per heavy atom. The molecule has 0 aromatic heterocycles. The summed E-state index contributed by atoms with van der Waals surface area (Å²) in [6.07, 6.45) is 1.12. The maximum absolute atomic E-state index is 13.5. The van der Waals surface area contributed by atoms with Gasteiger partial charge in [-0.15, -0.1) is 0 Å². The quantitative estimate of drug-likeness (QED) is 0.743. The van der Waals surface area contributed by atoms with E-state index in [0.29, 0.717) is 16.6 Å². The van der Waals surface area contributed by atoms with Crippen molar-refractivity contribution in [3.8, 4) is 0 Å². The Kier molecular flexibility index (Phi) is 7.24. The van der Waals surface area contributed by atoms with Gasteiger partial charge in [-0.2, -0.15) is 0 Å². The molecule has 2 atom stereocenters. The average Bonchev–Trinajstić information content (AvgIpc) is 2.42. The molecule has 2 unspecified atom stereocenters. The van der Waals surface area contributed by atoms with E-state index in [-0.39, 0.29) is 11.1 Å². The third-order valence-corrected chi connectivity index (χ3v) is 4.48. The lowest BCUT2D eigenvalue weighted by molar-refractivity contribution is 0.249. The van der Waals surface area contributed by atoms with Crippen molar-refractivity contribution in [1.82, 2.24) is 10.2 Å². The van der Waals surface area contributed by atoms with Crippen LogP contribution in [0, 0.1) is 5.82 Å². The minimum absolute atomic E-state index is 0.0870. The van der Waals surface area contributed by atoms with Crippen LogP contribution in [0.4, 0.5) is 4.39 Å². The fraction of sp³-hybridized carbons (Fsp3) is 0.600. The molecule has 0 radical (unpaired) electrons. The van der Waals surface area contributed by atoms with Crippen molar-refractivity contribution in [3.05, 3.63) is 33.6 Å². The third-order valence-electron chi connectivity index (χ3n) is 3.77. The Morgan fingerprint density at radius 1 is 1.30 bits per heavy atom. The highest BCUT2D eigenvalue weighted by molar-refractivity contribution is 6.36. The fourth-order valence-electron chi connectivity index (χ4n) is 2.03. The van der Waals surface area contributed by atoms with Gasteiger partial charge >= 0.3 is 0 Å². The van der Waals surface area contributed by atoms with E-state index in [1.54, 1.807) is 6.07 Å². The van der Waals surface area contributed by atoms with Crippen molar-refractivity contribution in [2.24, 2.45) is 0 Å². The van der Waals surface area contributed by atoms with Crippen molar-refractivity contribution >= 4 is 23.2 Å². The van der Waals surface area contributed by atoms with Crippen LogP contribution < -0.4 is 5.32 Å². The average molecular weight is 321 g/mol. The van der Waals surface area contributed by atoms with Crippen LogP contribution in [0.3, 0.4) is 0 Å². The number of nitrogens with zero attached hydrogens (tertiary/aromatic N) is 1. The van der Waals surface area contributed by atoms with E-state index in [0.717, 1.165) is 19.5 Å². The van der Waals surface area contributed by atoms with Crippen molar-refractivity contribution in [3.63, 3.8) is 0 Å². The van der Waals surface area contributed by atoms with E-state index in [2.05, 4.69) is 31.1 Å².